The van der Waals surface area contributed by atoms with Gasteiger partial charge in [-0.1, -0.05) is 17.7 Å². The van der Waals surface area contributed by atoms with E-state index in [-0.39, 0.29) is 4.90 Å². The maximum Gasteiger partial charge on any atom is 0.243 e. The second-order valence-corrected chi connectivity index (χ2v) is 10.1. The number of piperazine rings is 1. The van der Waals surface area contributed by atoms with Gasteiger partial charge in [0.15, 0.2) is 5.82 Å². The Morgan fingerprint density at radius 2 is 1.58 bits per heavy atom. The zero-order valence-corrected chi connectivity index (χ0v) is 19.6. The highest BCUT2D eigenvalue weighted by Gasteiger charge is 2.30. The van der Waals surface area contributed by atoms with Crippen LogP contribution in [0.3, 0.4) is 0 Å². The summed E-state index contributed by atoms with van der Waals surface area (Å²) < 4.78 is 29.6. The van der Waals surface area contributed by atoms with Gasteiger partial charge in [-0.3, -0.25) is 0 Å². The number of halogens is 1. The smallest absolute Gasteiger partial charge is 0.243 e. The van der Waals surface area contributed by atoms with E-state index >= 15 is 0 Å². The zero-order valence-electron chi connectivity index (χ0n) is 18.0. The van der Waals surface area contributed by atoms with Crippen molar-refractivity contribution in [1.82, 2.24) is 24.1 Å². The van der Waals surface area contributed by atoms with Gasteiger partial charge in [-0.2, -0.15) is 9.40 Å². The summed E-state index contributed by atoms with van der Waals surface area (Å²) in [6.45, 7) is 9.36. The molecule has 0 bridgehead atoms. The fourth-order valence-electron chi connectivity index (χ4n) is 3.82. The van der Waals surface area contributed by atoms with Crippen molar-refractivity contribution in [3.8, 4) is 5.82 Å². The lowest BCUT2D eigenvalue weighted by atomic mass is 10.2. The van der Waals surface area contributed by atoms with Crippen LogP contribution in [-0.4, -0.2) is 58.7 Å². The topological polar surface area (TPSA) is 84.2 Å². The summed E-state index contributed by atoms with van der Waals surface area (Å²) in [5.41, 5.74) is 2.60. The molecule has 3 heterocycles. The molecule has 0 saturated carbocycles. The molecule has 1 aliphatic heterocycles. The van der Waals surface area contributed by atoms with Gasteiger partial charge >= 0.3 is 0 Å². The molecule has 1 fully saturated rings. The molecule has 10 heteroatoms. The van der Waals surface area contributed by atoms with Gasteiger partial charge in [-0.25, -0.2) is 23.1 Å². The van der Waals surface area contributed by atoms with Gasteiger partial charge in [0.25, 0.3) is 0 Å². The molecule has 0 unspecified atom stereocenters. The van der Waals surface area contributed by atoms with Gasteiger partial charge in [0.1, 0.15) is 11.6 Å². The van der Waals surface area contributed by atoms with Crippen molar-refractivity contribution in [1.29, 1.82) is 0 Å². The summed E-state index contributed by atoms with van der Waals surface area (Å²) in [5, 5.41) is 4.92. The largest absolute Gasteiger partial charge is 0.354 e. The average Bonchev–Trinajstić information content (AvgIpc) is 3.07. The van der Waals surface area contributed by atoms with E-state index in [1.807, 2.05) is 32.9 Å². The van der Waals surface area contributed by atoms with Crippen LogP contribution in [0.4, 0.5) is 5.82 Å². The van der Waals surface area contributed by atoms with Crippen molar-refractivity contribution in [3.63, 3.8) is 0 Å². The first-order valence-corrected chi connectivity index (χ1v) is 11.9. The van der Waals surface area contributed by atoms with E-state index in [2.05, 4.69) is 20.0 Å². The lowest BCUT2D eigenvalue weighted by molar-refractivity contribution is 0.383. The van der Waals surface area contributed by atoms with Crippen LogP contribution in [0.5, 0.6) is 0 Å². The number of hydrogen-bond acceptors (Lipinski definition) is 6. The Hall–Kier alpha value is -2.49. The molecular weight excluding hydrogens is 436 g/mol. The Labute approximate surface area is 187 Å². The third-order valence-corrected chi connectivity index (χ3v) is 7.64. The number of benzene rings is 1. The van der Waals surface area contributed by atoms with Gasteiger partial charge in [-0.05, 0) is 51.5 Å². The number of aryl methyl sites for hydroxylation is 4. The van der Waals surface area contributed by atoms with E-state index in [0.29, 0.717) is 48.4 Å². The van der Waals surface area contributed by atoms with E-state index < -0.39 is 10.0 Å². The summed E-state index contributed by atoms with van der Waals surface area (Å²) in [5.74, 6) is 2.12. The number of anilines is 1. The molecule has 0 radical (unpaired) electrons. The first kappa shape index (κ1) is 21.7. The number of sulfonamides is 1. The first-order chi connectivity index (χ1) is 14.6. The molecule has 3 aromatic rings. The maximum atomic E-state index is 13.1. The normalized spacial score (nSPS) is 15.5. The SMILES string of the molecule is Cc1cc(C)n(-c2cc(N3CCN(S(=O)(=O)c4cc(Cl)ccc4C)CC3)nc(C)n2)n1. The minimum atomic E-state index is -3.61. The maximum absolute atomic E-state index is 13.1. The highest BCUT2D eigenvalue weighted by molar-refractivity contribution is 7.89. The minimum absolute atomic E-state index is 0.262. The van der Waals surface area contributed by atoms with Crippen LogP contribution in [-0.2, 0) is 10.0 Å². The average molecular weight is 461 g/mol. The Morgan fingerprint density at radius 1 is 0.903 bits per heavy atom. The quantitative estimate of drug-likeness (QED) is 0.595. The Kier molecular flexibility index (Phi) is 5.76. The van der Waals surface area contributed by atoms with E-state index in [0.717, 1.165) is 17.2 Å². The molecule has 1 saturated heterocycles. The van der Waals surface area contributed by atoms with Crippen molar-refractivity contribution < 1.29 is 8.42 Å². The molecule has 0 amide bonds. The van der Waals surface area contributed by atoms with Crippen molar-refractivity contribution >= 4 is 27.4 Å². The standard InChI is InChI=1S/C21H25ClN6O2S/c1-14-5-6-18(22)12-19(14)31(29,30)27-9-7-26(8-10-27)20-13-21(24-17(4)23-20)28-16(3)11-15(2)25-28/h5-6,11-13H,7-10H2,1-4H3. The van der Waals surface area contributed by atoms with Gasteiger partial charge in [0.05, 0.1) is 10.6 Å². The van der Waals surface area contributed by atoms with Crippen molar-refractivity contribution in [2.75, 3.05) is 31.1 Å². The summed E-state index contributed by atoms with van der Waals surface area (Å²) in [7, 11) is -3.61. The molecule has 1 aromatic carbocycles. The molecule has 1 aliphatic rings. The van der Waals surface area contributed by atoms with Gasteiger partial charge < -0.3 is 4.90 Å². The molecule has 8 nitrogen and oxygen atoms in total. The predicted octanol–water partition coefficient (Wildman–Crippen LogP) is 3.06. The van der Waals surface area contributed by atoms with E-state index in [1.165, 1.54) is 10.4 Å². The van der Waals surface area contributed by atoms with Gasteiger partial charge in [0, 0.05) is 43.0 Å². The number of hydrogen-bond donors (Lipinski definition) is 0. The summed E-state index contributed by atoms with van der Waals surface area (Å²) in [6.07, 6.45) is 0. The third-order valence-electron chi connectivity index (χ3n) is 5.37. The van der Waals surface area contributed by atoms with Crippen LogP contribution in [0.25, 0.3) is 5.82 Å². The minimum Gasteiger partial charge on any atom is -0.354 e. The molecule has 164 valence electrons. The molecule has 4 rings (SSSR count). The van der Waals surface area contributed by atoms with Gasteiger partial charge in [0.2, 0.25) is 10.0 Å². The Morgan fingerprint density at radius 3 is 2.23 bits per heavy atom. The number of rotatable bonds is 4. The van der Waals surface area contributed by atoms with Crippen molar-refractivity contribution in [2.24, 2.45) is 0 Å². The lowest BCUT2D eigenvalue weighted by Gasteiger charge is -2.35. The van der Waals surface area contributed by atoms with Crippen LogP contribution < -0.4 is 4.90 Å². The third kappa shape index (κ3) is 4.30. The fraction of sp³-hybridized carbons (Fsp3) is 0.381. The van der Waals surface area contributed by atoms with E-state index in [1.54, 1.807) is 23.7 Å². The Bertz CT molecular complexity index is 1230. The van der Waals surface area contributed by atoms with Crippen LogP contribution in [0.1, 0.15) is 22.8 Å². The fourth-order valence-corrected chi connectivity index (χ4v) is 5.73. The molecule has 31 heavy (non-hydrogen) atoms. The number of nitrogens with zero attached hydrogens (tertiary/aromatic N) is 6. The molecule has 0 aliphatic carbocycles. The van der Waals surface area contributed by atoms with Gasteiger partial charge in [-0.15, -0.1) is 0 Å². The molecule has 2 aromatic heterocycles. The molecule has 0 spiro atoms. The van der Waals surface area contributed by atoms with E-state index in [4.69, 9.17) is 11.6 Å². The second-order valence-electron chi connectivity index (χ2n) is 7.77. The predicted molar refractivity (Wildman–Crippen MR) is 121 cm³/mol. The molecular formula is C21H25ClN6O2S. The molecule has 0 atom stereocenters. The van der Waals surface area contributed by atoms with Crippen LogP contribution in [0.2, 0.25) is 5.02 Å². The van der Waals surface area contributed by atoms with Crippen LogP contribution in [0, 0.1) is 27.7 Å². The van der Waals surface area contributed by atoms with Crippen LogP contribution in [0.15, 0.2) is 35.2 Å². The van der Waals surface area contributed by atoms with Crippen molar-refractivity contribution in [3.05, 3.63) is 58.1 Å². The second kappa shape index (κ2) is 8.22. The van der Waals surface area contributed by atoms with Crippen LogP contribution >= 0.6 is 11.6 Å². The monoisotopic (exact) mass is 460 g/mol. The zero-order chi connectivity index (χ0) is 22.3. The Balaban J connectivity index is 1.55. The summed E-state index contributed by atoms with van der Waals surface area (Å²) in [4.78, 5) is 11.5. The highest BCUT2D eigenvalue weighted by atomic mass is 35.5. The molecule has 0 N–H and O–H groups in total. The highest BCUT2D eigenvalue weighted by Crippen LogP contribution is 2.26. The summed E-state index contributed by atoms with van der Waals surface area (Å²) >= 11 is 6.05. The number of aromatic nitrogens is 4. The first-order valence-electron chi connectivity index (χ1n) is 10.1. The van der Waals surface area contributed by atoms with Crippen molar-refractivity contribution in [2.45, 2.75) is 32.6 Å². The lowest BCUT2D eigenvalue weighted by Crippen LogP contribution is -2.49. The van der Waals surface area contributed by atoms with E-state index in [9.17, 15) is 8.42 Å². The summed E-state index contributed by atoms with van der Waals surface area (Å²) in [6, 6.07) is 8.85.